The summed E-state index contributed by atoms with van der Waals surface area (Å²) in [6, 6.07) is 2.49. The van der Waals surface area contributed by atoms with Gasteiger partial charge in [-0.2, -0.15) is 8.42 Å². The molecular formula is C15H20FN3O5S. The van der Waals surface area contributed by atoms with E-state index in [-0.39, 0.29) is 12.5 Å². The van der Waals surface area contributed by atoms with E-state index in [4.69, 9.17) is 5.11 Å². The number of aromatic hydroxyl groups is 1. The Kier molecular flexibility index (Phi) is 4.85. The van der Waals surface area contributed by atoms with Gasteiger partial charge in [-0.25, -0.2) is 13.4 Å². The van der Waals surface area contributed by atoms with Gasteiger partial charge in [0.2, 0.25) is 0 Å². The van der Waals surface area contributed by atoms with Gasteiger partial charge >= 0.3 is 10.2 Å². The maximum Gasteiger partial charge on any atom is 0.326 e. The van der Waals surface area contributed by atoms with E-state index in [0.717, 1.165) is 19.5 Å². The number of nitrogens with one attached hydrogen (secondary N) is 1. The minimum Gasteiger partial charge on any atom is -0.506 e. The summed E-state index contributed by atoms with van der Waals surface area (Å²) >= 11 is 0. The lowest BCUT2D eigenvalue weighted by atomic mass is 10.1. The summed E-state index contributed by atoms with van der Waals surface area (Å²) in [4.78, 5) is 13.4. The lowest BCUT2D eigenvalue weighted by molar-refractivity contribution is -0.117. The first-order valence-electron chi connectivity index (χ1n) is 7.98. The predicted octanol–water partition coefficient (Wildman–Crippen LogP) is -0.431. The maximum absolute atomic E-state index is 14.4. The number of carbonyl (C=O) groups excluding carboxylic acids is 1. The van der Waals surface area contributed by atoms with Gasteiger partial charge in [0.05, 0.1) is 0 Å². The zero-order valence-electron chi connectivity index (χ0n) is 13.5. The van der Waals surface area contributed by atoms with Gasteiger partial charge in [-0.1, -0.05) is 0 Å². The van der Waals surface area contributed by atoms with Crippen molar-refractivity contribution in [1.82, 2.24) is 9.62 Å². The van der Waals surface area contributed by atoms with Gasteiger partial charge in [0.25, 0.3) is 5.91 Å². The van der Waals surface area contributed by atoms with Crippen LogP contribution >= 0.6 is 0 Å². The molecule has 3 N–H and O–H groups in total. The third-order valence-electron chi connectivity index (χ3n) is 4.52. The van der Waals surface area contributed by atoms with Gasteiger partial charge in [0, 0.05) is 19.7 Å². The predicted molar refractivity (Wildman–Crippen MR) is 87.8 cm³/mol. The smallest absolute Gasteiger partial charge is 0.326 e. The van der Waals surface area contributed by atoms with Crippen molar-refractivity contribution in [2.75, 3.05) is 37.1 Å². The van der Waals surface area contributed by atoms with Gasteiger partial charge in [-0.15, -0.1) is 0 Å². The van der Waals surface area contributed by atoms with Crippen molar-refractivity contribution in [3.8, 4) is 5.75 Å². The third kappa shape index (κ3) is 3.70. The van der Waals surface area contributed by atoms with E-state index in [2.05, 4.69) is 4.90 Å². The SMILES string of the molecule is O=C1CN(c2c(O)cc(CCN3CCC(CO)C3)cc2F)S(=O)(=O)N1. The summed E-state index contributed by atoms with van der Waals surface area (Å²) in [7, 11) is -4.18. The summed E-state index contributed by atoms with van der Waals surface area (Å²) in [5, 5.41) is 19.2. The van der Waals surface area contributed by atoms with Crippen LogP contribution in [0.1, 0.15) is 12.0 Å². The number of aliphatic hydroxyl groups is 1. The number of phenols is 1. The number of aliphatic hydroxyl groups excluding tert-OH is 1. The summed E-state index contributed by atoms with van der Waals surface area (Å²) in [6.07, 6.45) is 1.40. The molecule has 1 atom stereocenters. The molecule has 2 heterocycles. The number of hydrogen-bond acceptors (Lipinski definition) is 6. The molecule has 2 fully saturated rings. The molecular weight excluding hydrogens is 353 g/mol. The van der Waals surface area contributed by atoms with E-state index >= 15 is 0 Å². The zero-order valence-corrected chi connectivity index (χ0v) is 14.3. The number of anilines is 1. The van der Waals surface area contributed by atoms with Gasteiger partial charge in [0.15, 0.2) is 5.82 Å². The fraction of sp³-hybridized carbons (Fsp3) is 0.533. The molecule has 0 bridgehead atoms. The van der Waals surface area contributed by atoms with Crippen molar-refractivity contribution in [2.45, 2.75) is 12.8 Å². The Morgan fingerprint density at radius 3 is 2.68 bits per heavy atom. The molecule has 8 nitrogen and oxygen atoms in total. The number of likely N-dealkylation sites (tertiary alicyclic amines) is 1. The van der Waals surface area contributed by atoms with Crippen LogP contribution in [0.5, 0.6) is 5.75 Å². The third-order valence-corrected chi connectivity index (χ3v) is 5.90. The van der Waals surface area contributed by atoms with Gasteiger partial charge < -0.3 is 15.1 Å². The van der Waals surface area contributed by atoms with Crippen molar-refractivity contribution in [3.05, 3.63) is 23.5 Å². The first-order valence-corrected chi connectivity index (χ1v) is 9.42. The van der Waals surface area contributed by atoms with Crippen LogP contribution in [0.15, 0.2) is 12.1 Å². The van der Waals surface area contributed by atoms with E-state index in [0.29, 0.717) is 22.8 Å². The number of carbonyl (C=O) groups is 1. The molecule has 0 spiro atoms. The quantitative estimate of drug-likeness (QED) is 0.646. The van der Waals surface area contributed by atoms with E-state index in [1.54, 1.807) is 4.72 Å². The molecule has 2 aliphatic rings. The average molecular weight is 373 g/mol. The minimum atomic E-state index is -4.18. The molecule has 138 valence electrons. The first kappa shape index (κ1) is 17.9. The number of halogens is 1. The maximum atomic E-state index is 14.4. The average Bonchev–Trinajstić information content (AvgIpc) is 3.08. The van der Waals surface area contributed by atoms with E-state index < -0.39 is 39.9 Å². The van der Waals surface area contributed by atoms with Gasteiger partial charge in [-0.05, 0) is 43.0 Å². The molecule has 10 heteroatoms. The number of amides is 1. The number of hydrogen-bond donors (Lipinski definition) is 3. The highest BCUT2D eigenvalue weighted by molar-refractivity contribution is 7.92. The lowest BCUT2D eigenvalue weighted by Crippen LogP contribution is -2.30. The zero-order chi connectivity index (χ0) is 18.2. The molecule has 1 aromatic carbocycles. The summed E-state index contributed by atoms with van der Waals surface area (Å²) in [5.41, 5.74) is 0.00527. The molecule has 0 aliphatic carbocycles. The topological polar surface area (TPSA) is 110 Å². The standard InChI is InChI=1S/C15H20FN3O5S/c16-12-5-10(1-3-18-4-2-11(7-18)9-20)6-13(21)15(12)19-8-14(22)17-25(19,23)24/h5-6,11,20-21H,1-4,7-9H2,(H,17,22). The Balaban J connectivity index is 1.74. The second kappa shape index (κ2) is 6.77. The Bertz CT molecular complexity index is 762. The van der Waals surface area contributed by atoms with Crippen LogP contribution in [-0.4, -0.2) is 62.2 Å². The molecule has 1 amide bonds. The second-order valence-corrected chi connectivity index (χ2v) is 7.97. The summed E-state index contributed by atoms with van der Waals surface area (Å²) < 4.78 is 40.3. The normalized spacial score (nSPS) is 23.2. The highest BCUT2D eigenvalue weighted by atomic mass is 32.2. The van der Waals surface area contributed by atoms with Crippen LogP contribution in [0.3, 0.4) is 0 Å². The van der Waals surface area contributed by atoms with Crippen LogP contribution in [0.2, 0.25) is 0 Å². The number of rotatable bonds is 5. The molecule has 2 saturated heterocycles. The Morgan fingerprint density at radius 1 is 1.36 bits per heavy atom. The van der Waals surface area contributed by atoms with E-state index in [9.17, 15) is 22.7 Å². The van der Waals surface area contributed by atoms with Crippen molar-refractivity contribution < 1.29 is 27.8 Å². The highest BCUT2D eigenvalue weighted by Gasteiger charge is 2.37. The van der Waals surface area contributed by atoms with Gasteiger partial charge in [0.1, 0.15) is 18.0 Å². The van der Waals surface area contributed by atoms with Crippen LogP contribution in [0.25, 0.3) is 0 Å². The lowest BCUT2D eigenvalue weighted by Gasteiger charge is -2.19. The summed E-state index contributed by atoms with van der Waals surface area (Å²) in [6.45, 7) is 1.87. The molecule has 2 aliphatic heterocycles. The van der Waals surface area contributed by atoms with Crippen LogP contribution < -0.4 is 9.03 Å². The minimum absolute atomic E-state index is 0.150. The number of phenolic OH excluding ortho intramolecular Hbond substituents is 1. The van der Waals surface area contributed by atoms with Gasteiger partial charge in [-0.3, -0.25) is 4.79 Å². The molecule has 0 saturated carbocycles. The van der Waals surface area contributed by atoms with Crippen molar-refractivity contribution in [3.63, 3.8) is 0 Å². The van der Waals surface area contributed by atoms with E-state index in [1.165, 1.54) is 12.1 Å². The number of benzene rings is 1. The highest BCUT2D eigenvalue weighted by Crippen LogP contribution is 2.34. The van der Waals surface area contributed by atoms with Crippen molar-refractivity contribution >= 4 is 21.8 Å². The Hall–Kier alpha value is -1.91. The molecule has 25 heavy (non-hydrogen) atoms. The van der Waals surface area contributed by atoms with E-state index in [1.807, 2.05) is 0 Å². The molecule has 0 radical (unpaired) electrons. The Labute approximate surface area is 145 Å². The molecule has 3 rings (SSSR count). The monoisotopic (exact) mass is 373 g/mol. The van der Waals surface area contributed by atoms with Crippen LogP contribution in [0, 0.1) is 11.7 Å². The largest absolute Gasteiger partial charge is 0.506 e. The fourth-order valence-electron chi connectivity index (χ4n) is 3.23. The molecule has 1 unspecified atom stereocenters. The number of nitrogens with zero attached hydrogens (tertiary/aromatic N) is 2. The van der Waals surface area contributed by atoms with Crippen LogP contribution in [-0.2, 0) is 21.4 Å². The molecule has 1 aromatic rings. The first-order chi connectivity index (χ1) is 11.8. The molecule has 0 aromatic heterocycles. The summed E-state index contributed by atoms with van der Waals surface area (Å²) in [5.74, 6) is -1.94. The van der Waals surface area contributed by atoms with Crippen LogP contribution in [0.4, 0.5) is 10.1 Å². The fourth-order valence-corrected chi connectivity index (χ4v) is 4.40. The van der Waals surface area contributed by atoms with Crippen molar-refractivity contribution in [2.24, 2.45) is 5.92 Å². The van der Waals surface area contributed by atoms with Crippen molar-refractivity contribution in [1.29, 1.82) is 0 Å². The Morgan fingerprint density at radius 2 is 2.12 bits per heavy atom. The second-order valence-electron chi connectivity index (χ2n) is 6.37.